The lowest BCUT2D eigenvalue weighted by Crippen LogP contribution is -2.15. The van der Waals surface area contributed by atoms with Gasteiger partial charge < -0.3 is 5.32 Å². The summed E-state index contributed by atoms with van der Waals surface area (Å²) < 4.78 is 1.88. The van der Waals surface area contributed by atoms with Crippen molar-refractivity contribution in [2.24, 2.45) is 7.05 Å². The van der Waals surface area contributed by atoms with Crippen LogP contribution in [0.2, 0.25) is 0 Å². The van der Waals surface area contributed by atoms with Crippen LogP contribution in [0.5, 0.6) is 0 Å². The summed E-state index contributed by atoms with van der Waals surface area (Å²) in [6, 6.07) is 2.02. The molecule has 0 aromatic carbocycles. The smallest absolute Gasteiger partial charge is 0.0518 e. The van der Waals surface area contributed by atoms with Crippen molar-refractivity contribution in [3.8, 4) is 0 Å². The van der Waals surface area contributed by atoms with Gasteiger partial charge in [-0.2, -0.15) is 5.10 Å². The molecule has 0 atom stereocenters. The molecule has 3 nitrogen and oxygen atoms in total. The van der Waals surface area contributed by atoms with E-state index in [-0.39, 0.29) is 0 Å². The van der Waals surface area contributed by atoms with E-state index in [1.54, 1.807) is 0 Å². The normalized spacial score (nSPS) is 10.1. The summed E-state index contributed by atoms with van der Waals surface area (Å²) in [7, 11) is 1.96. The quantitative estimate of drug-likeness (QED) is 0.560. The van der Waals surface area contributed by atoms with Gasteiger partial charge in [-0.25, -0.2) is 0 Å². The van der Waals surface area contributed by atoms with E-state index in [1.165, 1.54) is 11.3 Å². The summed E-state index contributed by atoms with van der Waals surface area (Å²) in [4.78, 5) is 0. The van der Waals surface area contributed by atoms with Crippen molar-refractivity contribution in [3.05, 3.63) is 29.6 Å². The lowest BCUT2D eigenvalue weighted by molar-refractivity contribution is 0.654. The van der Waals surface area contributed by atoms with Crippen molar-refractivity contribution in [1.29, 1.82) is 0 Å². The Balaban J connectivity index is 2.28. The first kappa shape index (κ1) is 9.99. The average Bonchev–Trinajstić information content (AvgIpc) is 2.45. The van der Waals surface area contributed by atoms with Gasteiger partial charge in [0.25, 0.3) is 0 Å². The van der Waals surface area contributed by atoms with Gasteiger partial charge in [-0.3, -0.25) is 4.68 Å². The Morgan fingerprint density at radius 2 is 2.38 bits per heavy atom. The molecule has 0 aliphatic heterocycles. The van der Waals surface area contributed by atoms with Crippen LogP contribution in [-0.4, -0.2) is 16.3 Å². The fourth-order valence-corrected chi connectivity index (χ4v) is 1.05. The summed E-state index contributed by atoms with van der Waals surface area (Å²) in [5, 5.41) is 7.41. The molecule has 1 aromatic rings. The molecule has 1 heterocycles. The highest BCUT2D eigenvalue weighted by Gasteiger charge is 1.95. The van der Waals surface area contributed by atoms with E-state index in [2.05, 4.69) is 30.3 Å². The van der Waals surface area contributed by atoms with E-state index >= 15 is 0 Å². The van der Waals surface area contributed by atoms with Crippen LogP contribution in [0.25, 0.3) is 0 Å². The number of hydrogen-bond donors (Lipinski definition) is 1. The molecule has 0 aliphatic carbocycles. The fourth-order valence-electron chi connectivity index (χ4n) is 1.05. The Hall–Kier alpha value is -1.09. The largest absolute Gasteiger partial charge is 0.308 e. The molecular formula is C10H17N3. The first-order valence-corrected chi connectivity index (χ1v) is 4.51. The van der Waals surface area contributed by atoms with Crippen LogP contribution in [0.1, 0.15) is 19.5 Å². The predicted octanol–water partition coefficient (Wildman–Crippen LogP) is 1.48. The lowest BCUT2D eigenvalue weighted by Gasteiger charge is -2.02. The topological polar surface area (TPSA) is 29.9 Å². The zero-order valence-electron chi connectivity index (χ0n) is 8.54. The van der Waals surface area contributed by atoms with Gasteiger partial charge in [0, 0.05) is 26.3 Å². The summed E-state index contributed by atoms with van der Waals surface area (Å²) >= 11 is 0. The SMILES string of the molecule is CC(C)=CCNCc1ccnn1C. The number of nitrogens with zero attached hydrogens (tertiary/aromatic N) is 2. The Morgan fingerprint density at radius 3 is 2.92 bits per heavy atom. The molecule has 0 saturated carbocycles. The molecule has 0 aliphatic rings. The maximum Gasteiger partial charge on any atom is 0.0518 e. The number of rotatable bonds is 4. The molecule has 0 amide bonds. The Kier molecular flexibility index (Phi) is 3.71. The van der Waals surface area contributed by atoms with Gasteiger partial charge in [-0.05, 0) is 19.9 Å². The van der Waals surface area contributed by atoms with Gasteiger partial charge in [0.2, 0.25) is 0 Å². The molecule has 1 N–H and O–H groups in total. The summed E-state index contributed by atoms with van der Waals surface area (Å²) in [6.45, 7) is 6.01. The van der Waals surface area contributed by atoms with Crippen molar-refractivity contribution in [3.63, 3.8) is 0 Å². The summed E-state index contributed by atoms with van der Waals surface area (Å²) in [5.41, 5.74) is 2.56. The van der Waals surface area contributed by atoms with Gasteiger partial charge in [-0.15, -0.1) is 0 Å². The molecule has 13 heavy (non-hydrogen) atoms. The molecule has 1 aromatic heterocycles. The third-order valence-electron chi connectivity index (χ3n) is 1.88. The van der Waals surface area contributed by atoms with Crippen molar-refractivity contribution in [2.45, 2.75) is 20.4 Å². The second-order valence-corrected chi connectivity index (χ2v) is 3.36. The standard InChI is InChI=1S/C10H17N3/c1-9(2)4-6-11-8-10-5-7-12-13(10)3/h4-5,7,11H,6,8H2,1-3H3. The Morgan fingerprint density at radius 1 is 1.62 bits per heavy atom. The van der Waals surface area contributed by atoms with E-state index in [4.69, 9.17) is 0 Å². The van der Waals surface area contributed by atoms with E-state index in [0.717, 1.165) is 13.1 Å². The van der Waals surface area contributed by atoms with Crippen molar-refractivity contribution >= 4 is 0 Å². The molecule has 0 radical (unpaired) electrons. The number of allylic oxidation sites excluding steroid dienone is 1. The maximum absolute atomic E-state index is 4.09. The minimum absolute atomic E-state index is 0.875. The molecule has 3 heteroatoms. The van der Waals surface area contributed by atoms with Gasteiger partial charge >= 0.3 is 0 Å². The van der Waals surface area contributed by atoms with Gasteiger partial charge in [0.1, 0.15) is 0 Å². The molecule has 0 spiro atoms. The molecule has 1 rings (SSSR count). The maximum atomic E-state index is 4.09. The highest BCUT2D eigenvalue weighted by atomic mass is 15.3. The van der Waals surface area contributed by atoms with Crippen molar-refractivity contribution < 1.29 is 0 Å². The van der Waals surface area contributed by atoms with Gasteiger partial charge in [0.05, 0.1) is 5.69 Å². The zero-order valence-corrected chi connectivity index (χ0v) is 8.54. The summed E-state index contributed by atoms with van der Waals surface area (Å²) in [5.74, 6) is 0. The number of aryl methyl sites for hydroxylation is 1. The van der Waals surface area contributed by atoms with Crippen molar-refractivity contribution in [2.75, 3.05) is 6.54 Å². The molecule has 0 bridgehead atoms. The van der Waals surface area contributed by atoms with Crippen LogP contribution in [-0.2, 0) is 13.6 Å². The lowest BCUT2D eigenvalue weighted by atomic mass is 10.3. The zero-order chi connectivity index (χ0) is 9.68. The third-order valence-corrected chi connectivity index (χ3v) is 1.88. The van der Waals surface area contributed by atoms with Crippen LogP contribution in [0.3, 0.4) is 0 Å². The molecule has 0 saturated heterocycles. The number of aromatic nitrogens is 2. The minimum Gasteiger partial charge on any atom is -0.308 e. The predicted molar refractivity (Wildman–Crippen MR) is 54.3 cm³/mol. The van der Waals surface area contributed by atoms with Crippen LogP contribution in [0.4, 0.5) is 0 Å². The number of nitrogens with one attached hydrogen (secondary N) is 1. The van der Waals surface area contributed by atoms with Crippen molar-refractivity contribution in [1.82, 2.24) is 15.1 Å². The first-order valence-electron chi connectivity index (χ1n) is 4.51. The molecule has 0 unspecified atom stereocenters. The third kappa shape index (κ3) is 3.42. The van der Waals surface area contributed by atoms with Crippen LogP contribution in [0.15, 0.2) is 23.9 Å². The monoisotopic (exact) mass is 179 g/mol. The van der Waals surface area contributed by atoms with Crippen LogP contribution < -0.4 is 5.32 Å². The fraction of sp³-hybridized carbons (Fsp3) is 0.500. The van der Waals surface area contributed by atoms with Crippen LogP contribution >= 0.6 is 0 Å². The first-order chi connectivity index (χ1) is 6.20. The van der Waals surface area contributed by atoms with Gasteiger partial charge in [-0.1, -0.05) is 11.6 Å². The molecule has 72 valence electrons. The highest BCUT2D eigenvalue weighted by molar-refractivity contribution is 5.00. The van der Waals surface area contributed by atoms with Gasteiger partial charge in [0.15, 0.2) is 0 Å². The number of hydrogen-bond acceptors (Lipinski definition) is 2. The van der Waals surface area contributed by atoms with Crippen LogP contribution in [0, 0.1) is 0 Å². The van der Waals surface area contributed by atoms with E-state index in [0.29, 0.717) is 0 Å². The average molecular weight is 179 g/mol. The molecule has 0 fully saturated rings. The molecular weight excluding hydrogens is 162 g/mol. The highest BCUT2D eigenvalue weighted by Crippen LogP contribution is 1.94. The second kappa shape index (κ2) is 4.82. The second-order valence-electron chi connectivity index (χ2n) is 3.36. The van der Waals surface area contributed by atoms with E-state index < -0.39 is 0 Å². The Labute approximate surface area is 79.5 Å². The van der Waals surface area contributed by atoms with E-state index in [9.17, 15) is 0 Å². The Bertz CT molecular complexity index is 282. The van der Waals surface area contributed by atoms with E-state index in [1.807, 2.05) is 24.0 Å². The summed E-state index contributed by atoms with van der Waals surface area (Å²) in [6.07, 6.45) is 3.99. The minimum atomic E-state index is 0.875.